The minimum atomic E-state index is 0.179. The molecular formula is C15H22N2O2. The Balaban J connectivity index is 1.91. The van der Waals surface area contributed by atoms with E-state index in [2.05, 4.69) is 5.32 Å². The summed E-state index contributed by atoms with van der Waals surface area (Å²) < 4.78 is 5.22. The monoisotopic (exact) mass is 262 g/mol. The number of rotatable bonds is 6. The number of methoxy groups -OCH3 is 1. The van der Waals surface area contributed by atoms with Crippen molar-refractivity contribution < 1.29 is 9.53 Å². The second-order valence-corrected chi connectivity index (χ2v) is 4.95. The Hall–Kier alpha value is -1.71. The second-order valence-electron chi connectivity index (χ2n) is 4.95. The molecule has 0 spiro atoms. The summed E-state index contributed by atoms with van der Waals surface area (Å²) in [7, 11) is 1.66. The smallest absolute Gasteiger partial charge is 0.242 e. The van der Waals surface area contributed by atoms with E-state index in [1.807, 2.05) is 36.9 Å². The van der Waals surface area contributed by atoms with Gasteiger partial charge >= 0.3 is 0 Å². The fraction of sp³-hybridized carbons (Fsp3) is 0.533. The summed E-state index contributed by atoms with van der Waals surface area (Å²) in [6.07, 6.45) is 2.31. The third-order valence-corrected chi connectivity index (χ3v) is 3.49. The van der Waals surface area contributed by atoms with E-state index in [0.717, 1.165) is 36.4 Å². The third kappa shape index (κ3) is 3.40. The van der Waals surface area contributed by atoms with E-state index < -0.39 is 0 Å². The molecule has 2 rings (SSSR count). The average molecular weight is 262 g/mol. The van der Waals surface area contributed by atoms with Crippen molar-refractivity contribution in [3.8, 4) is 5.75 Å². The first-order chi connectivity index (χ1) is 9.15. The number of nitrogens with zero attached hydrogens (tertiary/aromatic N) is 1. The van der Waals surface area contributed by atoms with Crippen LogP contribution in [0.3, 0.4) is 0 Å². The highest BCUT2D eigenvalue weighted by molar-refractivity contribution is 5.81. The Morgan fingerprint density at radius 1 is 1.47 bits per heavy atom. The van der Waals surface area contributed by atoms with Crippen molar-refractivity contribution in [2.75, 3.05) is 25.5 Å². The van der Waals surface area contributed by atoms with Gasteiger partial charge in [0.2, 0.25) is 5.91 Å². The molecule has 0 atom stereocenters. The van der Waals surface area contributed by atoms with Crippen LogP contribution in [0.5, 0.6) is 5.75 Å². The number of amides is 1. The van der Waals surface area contributed by atoms with Gasteiger partial charge in [0.15, 0.2) is 0 Å². The standard InChI is InChI=1S/C15H22N2O2/c1-4-17(13-6-7-13)15(18)10-16-12-5-8-14(19-3)11(2)9-12/h5,8-9,13,16H,4,6-7,10H2,1-3H3. The predicted molar refractivity (Wildman–Crippen MR) is 76.6 cm³/mol. The van der Waals surface area contributed by atoms with E-state index >= 15 is 0 Å². The predicted octanol–water partition coefficient (Wildman–Crippen LogP) is 2.43. The van der Waals surface area contributed by atoms with Gasteiger partial charge < -0.3 is 15.0 Å². The number of anilines is 1. The molecular weight excluding hydrogens is 240 g/mol. The minimum absolute atomic E-state index is 0.179. The summed E-state index contributed by atoms with van der Waals surface area (Å²) in [5.74, 6) is 1.04. The fourth-order valence-corrected chi connectivity index (χ4v) is 2.29. The Kier molecular flexibility index (Phi) is 4.30. The molecule has 4 heteroatoms. The number of hydrogen-bond donors (Lipinski definition) is 1. The van der Waals surface area contributed by atoms with E-state index in [9.17, 15) is 4.79 Å². The molecule has 0 aliphatic heterocycles. The topological polar surface area (TPSA) is 41.6 Å². The SMILES string of the molecule is CCN(C(=O)CNc1ccc(OC)c(C)c1)C1CC1. The van der Waals surface area contributed by atoms with Gasteiger partial charge in [-0.15, -0.1) is 0 Å². The maximum absolute atomic E-state index is 12.1. The van der Waals surface area contributed by atoms with Gasteiger partial charge in [-0.05, 0) is 50.5 Å². The molecule has 1 aromatic rings. The number of carbonyl (C=O) groups is 1. The first-order valence-electron chi connectivity index (χ1n) is 6.83. The highest BCUT2D eigenvalue weighted by Crippen LogP contribution is 2.26. The molecule has 1 fully saturated rings. The lowest BCUT2D eigenvalue weighted by Gasteiger charge is -2.21. The molecule has 0 heterocycles. The number of carbonyl (C=O) groups excluding carboxylic acids is 1. The second kappa shape index (κ2) is 5.95. The molecule has 0 radical (unpaired) electrons. The quantitative estimate of drug-likeness (QED) is 0.856. The molecule has 1 saturated carbocycles. The maximum atomic E-state index is 12.1. The summed E-state index contributed by atoms with van der Waals surface area (Å²) >= 11 is 0. The van der Waals surface area contributed by atoms with Crippen molar-refractivity contribution in [2.24, 2.45) is 0 Å². The number of nitrogens with one attached hydrogen (secondary N) is 1. The van der Waals surface area contributed by atoms with E-state index in [1.165, 1.54) is 0 Å². The molecule has 0 saturated heterocycles. The first kappa shape index (κ1) is 13.7. The van der Waals surface area contributed by atoms with Crippen molar-refractivity contribution in [1.82, 2.24) is 4.90 Å². The minimum Gasteiger partial charge on any atom is -0.496 e. The zero-order valence-electron chi connectivity index (χ0n) is 11.9. The van der Waals surface area contributed by atoms with Crippen LogP contribution in [0.15, 0.2) is 18.2 Å². The summed E-state index contributed by atoms with van der Waals surface area (Å²) in [6, 6.07) is 6.34. The van der Waals surface area contributed by atoms with Crippen molar-refractivity contribution in [3.05, 3.63) is 23.8 Å². The summed E-state index contributed by atoms with van der Waals surface area (Å²) in [5.41, 5.74) is 2.02. The van der Waals surface area contributed by atoms with Crippen LogP contribution < -0.4 is 10.1 Å². The number of hydrogen-bond acceptors (Lipinski definition) is 3. The van der Waals surface area contributed by atoms with Crippen LogP contribution in [0.25, 0.3) is 0 Å². The number of ether oxygens (including phenoxy) is 1. The highest BCUT2D eigenvalue weighted by atomic mass is 16.5. The molecule has 104 valence electrons. The van der Waals surface area contributed by atoms with Gasteiger partial charge in [0.05, 0.1) is 13.7 Å². The summed E-state index contributed by atoms with van der Waals surface area (Å²) in [6.45, 7) is 5.19. The number of benzene rings is 1. The normalized spacial score (nSPS) is 14.1. The van der Waals surface area contributed by atoms with Gasteiger partial charge in [-0.3, -0.25) is 4.79 Å². The van der Waals surface area contributed by atoms with Crippen molar-refractivity contribution in [3.63, 3.8) is 0 Å². The average Bonchev–Trinajstić information content (AvgIpc) is 3.22. The largest absolute Gasteiger partial charge is 0.496 e. The van der Waals surface area contributed by atoms with Gasteiger partial charge in [0.1, 0.15) is 5.75 Å². The lowest BCUT2D eigenvalue weighted by atomic mass is 10.2. The van der Waals surface area contributed by atoms with Gasteiger partial charge in [0, 0.05) is 18.3 Å². The van der Waals surface area contributed by atoms with Crippen LogP contribution in [0.1, 0.15) is 25.3 Å². The Labute approximate surface area is 114 Å². The molecule has 0 unspecified atom stereocenters. The molecule has 1 aliphatic rings. The molecule has 0 aromatic heterocycles. The molecule has 4 nitrogen and oxygen atoms in total. The highest BCUT2D eigenvalue weighted by Gasteiger charge is 2.30. The molecule has 1 aliphatic carbocycles. The van der Waals surface area contributed by atoms with E-state index in [0.29, 0.717) is 12.6 Å². The van der Waals surface area contributed by atoms with Crippen molar-refractivity contribution in [2.45, 2.75) is 32.7 Å². The van der Waals surface area contributed by atoms with E-state index in [1.54, 1.807) is 7.11 Å². The molecule has 19 heavy (non-hydrogen) atoms. The van der Waals surface area contributed by atoms with Gasteiger partial charge in [-0.2, -0.15) is 0 Å². The van der Waals surface area contributed by atoms with Crippen LogP contribution in [-0.4, -0.2) is 37.0 Å². The first-order valence-corrected chi connectivity index (χ1v) is 6.83. The van der Waals surface area contributed by atoms with Crippen molar-refractivity contribution >= 4 is 11.6 Å². The van der Waals surface area contributed by atoms with Crippen molar-refractivity contribution in [1.29, 1.82) is 0 Å². The summed E-state index contributed by atoms with van der Waals surface area (Å²) in [4.78, 5) is 14.0. The lowest BCUT2D eigenvalue weighted by molar-refractivity contribution is -0.129. The summed E-state index contributed by atoms with van der Waals surface area (Å²) in [5, 5.41) is 3.19. The molecule has 0 bridgehead atoms. The van der Waals surface area contributed by atoms with Crippen LogP contribution in [0, 0.1) is 6.92 Å². The third-order valence-electron chi connectivity index (χ3n) is 3.49. The van der Waals surface area contributed by atoms with Gasteiger partial charge in [-0.1, -0.05) is 0 Å². The zero-order chi connectivity index (χ0) is 13.8. The van der Waals surface area contributed by atoms with E-state index in [-0.39, 0.29) is 5.91 Å². The number of aryl methyl sites for hydroxylation is 1. The van der Waals surface area contributed by atoms with Gasteiger partial charge in [0.25, 0.3) is 0 Å². The molecule has 1 amide bonds. The van der Waals surface area contributed by atoms with Crippen LogP contribution in [-0.2, 0) is 4.79 Å². The Morgan fingerprint density at radius 2 is 2.21 bits per heavy atom. The maximum Gasteiger partial charge on any atom is 0.242 e. The number of likely N-dealkylation sites (N-methyl/N-ethyl adjacent to an activating group) is 1. The molecule has 1 aromatic carbocycles. The van der Waals surface area contributed by atoms with Gasteiger partial charge in [-0.25, -0.2) is 0 Å². The van der Waals surface area contributed by atoms with E-state index in [4.69, 9.17) is 4.74 Å². The van der Waals surface area contributed by atoms with Crippen LogP contribution >= 0.6 is 0 Å². The fourth-order valence-electron chi connectivity index (χ4n) is 2.29. The van der Waals surface area contributed by atoms with Crippen LogP contribution in [0.4, 0.5) is 5.69 Å². The Bertz CT molecular complexity index is 455. The Morgan fingerprint density at radius 3 is 2.74 bits per heavy atom. The van der Waals surface area contributed by atoms with Crippen LogP contribution in [0.2, 0.25) is 0 Å². The zero-order valence-corrected chi connectivity index (χ0v) is 11.9. The molecule has 1 N–H and O–H groups in total. The lowest BCUT2D eigenvalue weighted by Crippen LogP contribution is -2.37.